The van der Waals surface area contributed by atoms with Crippen LogP contribution in [-0.4, -0.2) is 55.0 Å². The largest absolute Gasteiger partial charge is 0.388 e. The predicted octanol–water partition coefficient (Wildman–Crippen LogP) is -0.193. The van der Waals surface area contributed by atoms with Gasteiger partial charge in [-0.1, -0.05) is 0 Å². The predicted molar refractivity (Wildman–Crippen MR) is 56.1 cm³/mol. The van der Waals surface area contributed by atoms with E-state index in [1.165, 1.54) is 0 Å². The van der Waals surface area contributed by atoms with Crippen molar-refractivity contribution in [2.75, 3.05) is 33.3 Å². The molecule has 0 aliphatic carbocycles. The molecule has 0 aromatic carbocycles. The van der Waals surface area contributed by atoms with Gasteiger partial charge in [-0.25, -0.2) is 0 Å². The van der Waals surface area contributed by atoms with E-state index >= 15 is 0 Å². The summed E-state index contributed by atoms with van der Waals surface area (Å²) in [7, 11) is 1.76. The number of nitrogens with zero attached hydrogens (tertiary/aromatic N) is 1. The minimum atomic E-state index is -0.750. The van der Waals surface area contributed by atoms with Crippen LogP contribution in [0.2, 0.25) is 0 Å². The Labute approximate surface area is 86.0 Å². The normalized spacial score (nSPS) is 24.9. The van der Waals surface area contributed by atoms with Crippen LogP contribution in [0.1, 0.15) is 19.8 Å². The number of β-amino-alcohol motifs (C(OH)–C–C–N with tert-alkyl or cyclic N) is 1. The van der Waals surface area contributed by atoms with Crippen molar-refractivity contribution in [3.8, 4) is 0 Å². The van der Waals surface area contributed by atoms with Gasteiger partial charge in [0, 0.05) is 33.3 Å². The van der Waals surface area contributed by atoms with Crippen molar-refractivity contribution < 1.29 is 9.84 Å². The minimum absolute atomic E-state index is 0.317. The zero-order valence-electron chi connectivity index (χ0n) is 9.20. The molecule has 1 fully saturated rings. The van der Waals surface area contributed by atoms with Gasteiger partial charge in [0.05, 0.1) is 11.7 Å². The van der Waals surface area contributed by atoms with Crippen molar-refractivity contribution in [1.82, 2.24) is 4.90 Å². The second kappa shape index (κ2) is 5.07. The molecular weight excluding hydrogens is 180 g/mol. The van der Waals surface area contributed by atoms with E-state index in [-0.39, 0.29) is 0 Å². The van der Waals surface area contributed by atoms with Gasteiger partial charge >= 0.3 is 0 Å². The maximum absolute atomic E-state index is 9.80. The summed E-state index contributed by atoms with van der Waals surface area (Å²) in [6.45, 7) is 4.76. The van der Waals surface area contributed by atoms with E-state index in [2.05, 4.69) is 4.90 Å². The Kier molecular flexibility index (Phi) is 4.31. The number of aliphatic hydroxyl groups is 1. The molecule has 84 valence electrons. The van der Waals surface area contributed by atoms with E-state index in [9.17, 15) is 5.11 Å². The van der Waals surface area contributed by atoms with Gasteiger partial charge in [0.2, 0.25) is 0 Å². The third kappa shape index (κ3) is 3.53. The quantitative estimate of drug-likeness (QED) is 0.663. The number of nitrogens with two attached hydrogens (primary N) is 1. The molecule has 0 amide bonds. The van der Waals surface area contributed by atoms with E-state index in [1.54, 1.807) is 14.0 Å². The fraction of sp³-hybridized carbons (Fsp3) is 1.00. The molecule has 1 aliphatic heterocycles. The van der Waals surface area contributed by atoms with Crippen LogP contribution in [0.4, 0.5) is 0 Å². The van der Waals surface area contributed by atoms with Crippen LogP contribution in [0.25, 0.3) is 0 Å². The third-order valence-electron chi connectivity index (χ3n) is 2.87. The Balaban J connectivity index is 2.28. The number of rotatable bonds is 4. The Morgan fingerprint density at radius 2 is 2.07 bits per heavy atom. The monoisotopic (exact) mass is 202 g/mol. The van der Waals surface area contributed by atoms with Gasteiger partial charge in [-0.2, -0.15) is 0 Å². The highest BCUT2D eigenvalue weighted by Crippen LogP contribution is 2.15. The molecule has 0 aromatic heterocycles. The lowest BCUT2D eigenvalue weighted by Crippen LogP contribution is -2.49. The number of likely N-dealkylation sites (tertiary alicyclic amines) is 1. The van der Waals surface area contributed by atoms with Crippen molar-refractivity contribution in [3.05, 3.63) is 0 Å². The van der Waals surface area contributed by atoms with Crippen molar-refractivity contribution in [2.24, 2.45) is 5.73 Å². The fourth-order valence-corrected chi connectivity index (χ4v) is 1.85. The standard InChI is InChI=1S/C10H22N2O2/c1-10(13,7-11)8-12-5-3-9(14-2)4-6-12/h9,13H,3-8,11H2,1-2H3. The van der Waals surface area contributed by atoms with Gasteiger partial charge in [0.1, 0.15) is 0 Å². The van der Waals surface area contributed by atoms with Crippen LogP contribution >= 0.6 is 0 Å². The van der Waals surface area contributed by atoms with Gasteiger partial charge in [0.15, 0.2) is 0 Å². The third-order valence-corrected chi connectivity index (χ3v) is 2.87. The topological polar surface area (TPSA) is 58.7 Å². The molecule has 0 bridgehead atoms. The summed E-state index contributed by atoms with van der Waals surface area (Å²) in [5, 5.41) is 9.80. The van der Waals surface area contributed by atoms with E-state index < -0.39 is 5.60 Å². The molecule has 0 radical (unpaired) electrons. The average Bonchev–Trinajstić information content (AvgIpc) is 2.19. The van der Waals surface area contributed by atoms with Gasteiger partial charge in [-0.3, -0.25) is 0 Å². The molecular formula is C10H22N2O2. The molecule has 0 spiro atoms. The average molecular weight is 202 g/mol. The maximum Gasteiger partial charge on any atom is 0.0867 e. The Morgan fingerprint density at radius 1 is 1.50 bits per heavy atom. The highest BCUT2D eigenvalue weighted by Gasteiger charge is 2.25. The molecule has 0 saturated carbocycles. The molecule has 0 aromatic rings. The summed E-state index contributed by atoms with van der Waals surface area (Å²) < 4.78 is 5.28. The van der Waals surface area contributed by atoms with Crippen LogP contribution in [0, 0.1) is 0 Å². The first-order valence-corrected chi connectivity index (χ1v) is 5.25. The summed E-state index contributed by atoms with van der Waals surface area (Å²) in [6.07, 6.45) is 2.50. The van der Waals surface area contributed by atoms with Crippen LogP contribution in [-0.2, 0) is 4.74 Å². The molecule has 1 aliphatic rings. The molecule has 14 heavy (non-hydrogen) atoms. The maximum atomic E-state index is 9.80. The van der Waals surface area contributed by atoms with Gasteiger partial charge in [-0.05, 0) is 19.8 Å². The summed E-state index contributed by atoms with van der Waals surface area (Å²) in [4.78, 5) is 2.25. The lowest BCUT2D eigenvalue weighted by molar-refractivity contribution is -0.00692. The smallest absolute Gasteiger partial charge is 0.0867 e. The van der Waals surface area contributed by atoms with Gasteiger partial charge in [-0.15, -0.1) is 0 Å². The van der Waals surface area contributed by atoms with Crippen LogP contribution in [0.5, 0.6) is 0 Å². The summed E-state index contributed by atoms with van der Waals surface area (Å²) >= 11 is 0. The first-order valence-electron chi connectivity index (χ1n) is 5.25. The van der Waals surface area contributed by atoms with Crippen molar-refractivity contribution in [2.45, 2.75) is 31.5 Å². The molecule has 1 heterocycles. The van der Waals surface area contributed by atoms with Crippen LogP contribution in [0.15, 0.2) is 0 Å². The van der Waals surface area contributed by atoms with E-state index in [1.807, 2.05) is 0 Å². The van der Waals surface area contributed by atoms with Crippen LogP contribution < -0.4 is 5.73 Å². The fourth-order valence-electron chi connectivity index (χ4n) is 1.85. The summed E-state index contributed by atoms with van der Waals surface area (Å²) in [6, 6.07) is 0. The number of ether oxygens (including phenoxy) is 1. The van der Waals surface area contributed by atoms with Crippen molar-refractivity contribution in [1.29, 1.82) is 0 Å². The molecule has 1 rings (SSSR count). The van der Waals surface area contributed by atoms with Crippen molar-refractivity contribution >= 4 is 0 Å². The Hall–Kier alpha value is -0.160. The second-order valence-electron chi connectivity index (χ2n) is 4.41. The lowest BCUT2D eigenvalue weighted by Gasteiger charge is -2.35. The lowest BCUT2D eigenvalue weighted by atomic mass is 10.0. The second-order valence-corrected chi connectivity index (χ2v) is 4.41. The molecule has 3 N–H and O–H groups in total. The first-order chi connectivity index (χ1) is 6.57. The summed E-state index contributed by atoms with van der Waals surface area (Å²) in [5.74, 6) is 0. The van der Waals surface area contributed by atoms with E-state index in [4.69, 9.17) is 10.5 Å². The van der Waals surface area contributed by atoms with Gasteiger partial charge in [0.25, 0.3) is 0 Å². The number of methoxy groups -OCH3 is 1. The minimum Gasteiger partial charge on any atom is -0.388 e. The Bertz CT molecular complexity index is 166. The molecule has 1 saturated heterocycles. The SMILES string of the molecule is COC1CCN(CC(C)(O)CN)CC1. The number of piperidine rings is 1. The first kappa shape index (κ1) is 11.9. The molecule has 1 unspecified atom stereocenters. The van der Waals surface area contributed by atoms with Crippen LogP contribution in [0.3, 0.4) is 0 Å². The number of hydrogen-bond donors (Lipinski definition) is 2. The molecule has 4 heteroatoms. The van der Waals surface area contributed by atoms with Gasteiger partial charge < -0.3 is 20.5 Å². The molecule has 1 atom stereocenters. The van der Waals surface area contributed by atoms with E-state index in [0.29, 0.717) is 19.2 Å². The highest BCUT2D eigenvalue weighted by molar-refractivity contribution is 4.81. The Morgan fingerprint density at radius 3 is 2.50 bits per heavy atom. The summed E-state index contributed by atoms with van der Waals surface area (Å²) in [5.41, 5.74) is 4.73. The number of hydrogen-bond acceptors (Lipinski definition) is 4. The van der Waals surface area contributed by atoms with E-state index in [0.717, 1.165) is 25.9 Å². The zero-order valence-corrected chi connectivity index (χ0v) is 9.20. The molecule has 4 nitrogen and oxygen atoms in total. The zero-order chi connectivity index (χ0) is 10.6. The highest BCUT2D eigenvalue weighted by atomic mass is 16.5. The van der Waals surface area contributed by atoms with Crippen molar-refractivity contribution in [3.63, 3.8) is 0 Å².